The Morgan fingerprint density at radius 3 is 2.81 bits per heavy atom. The summed E-state index contributed by atoms with van der Waals surface area (Å²) in [6, 6.07) is 11.7. The Labute approximate surface area is 166 Å². The molecule has 27 heavy (non-hydrogen) atoms. The fourth-order valence-corrected chi connectivity index (χ4v) is 2.94. The number of nitriles is 1. The maximum absolute atomic E-state index is 9.15. The van der Waals surface area contributed by atoms with Crippen molar-refractivity contribution in [3.8, 4) is 17.6 Å². The first-order valence-corrected chi connectivity index (χ1v) is 9.31. The molecule has 1 atom stereocenters. The van der Waals surface area contributed by atoms with Gasteiger partial charge in [-0.1, -0.05) is 13.0 Å². The number of nitrogens with one attached hydrogen (secondary N) is 1. The molecule has 2 heterocycles. The predicted molar refractivity (Wildman–Crippen MR) is 108 cm³/mol. The standard InChI is InChI=1S/C20H19BrN4O2/c1-3-15(10-22)27-19-8-13(4-5-18(19)26-2)11-24-16-6-7-23-17-9-14(21)12-25-20(16)17/h4-9,12,15H,3,11H2,1-2H3,(H,23,24). The predicted octanol–water partition coefficient (Wildman–Crippen LogP) is 4.69. The van der Waals surface area contributed by atoms with Crippen molar-refractivity contribution in [2.24, 2.45) is 0 Å². The highest BCUT2D eigenvalue weighted by Gasteiger charge is 2.12. The van der Waals surface area contributed by atoms with E-state index in [1.165, 1.54) is 0 Å². The largest absolute Gasteiger partial charge is 0.493 e. The Kier molecular flexibility index (Phi) is 6.09. The van der Waals surface area contributed by atoms with Crippen LogP contribution in [-0.4, -0.2) is 23.2 Å². The van der Waals surface area contributed by atoms with Gasteiger partial charge in [-0.3, -0.25) is 9.97 Å². The van der Waals surface area contributed by atoms with Crippen molar-refractivity contribution in [2.75, 3.05) is 12.4 Å². The summed E-state index contributed by atoms with van der Waals surface area (Å²) in [5.41, 5.74) is 3.52. The summed E-state index contributed by atoms with van der Waals surface area (Å²) in [4.78, 5) is 8.79. The Bertz CT molecular complexity index is 987. The number of anilines is 1. The summed E-state index contributed by atoms with van der Waals surface area (Å²) in [6.45, 7) is 2.48. The van der Waals surface area contributed by atoms with Gasteiger partial charge >= 0.3 is 0 Å². The topological polar surface area (TPSA) is 80.1 Å². The van der Waals surface area contributed by atoms with Crippen LogP contribution < -0.4 is 14.8 Å². The van der Waals surface area contributed by atoms with Crippen molar-refractivity contribution in [3.63, 3.8) is 0 Å². The van der Waals surface area contributed by atoms with E-state index in [1.807, 2.05) is 37.3 Å². The molecule has 3 aromatic rings. The van der Waals surface area contributed by atoms with E-state index < -0.39 is 6.10 Å². The SMILES string of the molecule is CCC(C#N)Oc1cc(CNc2ccnc3cc(Br)cnc23)ccc1OC. The Balaban J connectivity index is 1.81. The molecular formula is C20H19BrN4O2. The molecule has 0 spiro atoms. The Morgan fingerprint density at radius 2 is 2.07 bits per heavy atom. The van der Waals surface area contributed by atoms with Crippen molar-refractivity contribution in [2.45, 2.75) is 26.0 Å². The van der Waals surface area contributed by atoms with Crippen LogP contribution in [-0.2, 0) is 6.54 Å². The number of pyridine rings is 2. The van der Waals surface area contributed by atoms with Crippen LogP contribution in [0.25, 0.3) is 11.0 Å². The number of hydrogen-bond donors (Lipinski definition) is 1. The number of fused-ring (bicyclic) bond motifs is 1. The average Bonchev–Trinajstić information content (AvgIpc) is 2.70. The Morgan fingerprint density at radius 1 is 1.22 bits per heavy atom. The molecule has 6 nitrogen and oxygen atoms in total. The van der Waals surface area contributed by atoms with E-state index in [0.29, 0.717) is 24.5 Å². The van der Waals surface area contributed by atoms with Gasteiger partial charge in [0, 0.05) is 23.4 Å². The van der Waals surface area contributed by atoms with Gasteiger partial charge in [-0.2, -0.15) is 5.26 Å². The van der Waals surface area contributed by atoms with Crippen LogP contribution in [0.5, 0.6) is 11.5 Å². The third-order valence-electron chi connectivity index (χ3n) is 4.04. The first-order chi connectivity index (χ1) is 13.1. The lowest BCUT2D eigenvalue weighted by molar-refractivity contribution is 0.238. The maximum Gasteiger partial charge on any atom is 0.184 e. The van der Waals surface area contributed by atoms with E-state index in [-0.39, 0.29) is 0 Å². The van der Waals surface area contributed by atoms with Crippen molar-refractivity contribution >= 4 is 32.7 Å². The first-order valence-electron chi connectivity index (χ1n) is 8.52. The highest BCUT2D eigenvalue weighted by atomic mass is 79.9. The lowest BCUT2D eigenvalue weighted by Crippen LogP contribution is -2.13. The van der Waals surface area contributed by atoms with Crippen molar-refractivity contribution in [1.29, 1.82) is 5.26 Å². The Hall–Kier alpha value is -2.85. The molecule has 0 radical (unpaired) electrons. The van der Waals surface area contributed by atoms with Crippen LogP contribution in [0.2, 0.25) is 0 Å². The highest BCUT2D eigenvalue weighted by molar-refractivity contribution is 9.10. The van der Waals surface area contributed by atoms with E-state index in [9.17, 15) is 0 Å². The molecule has 0 aliphatic heterocycles. The van der Waals surface area contributed by atoms with Crippen molar-refractivity contribution < 1.29 is 9.47 Å². The van der Waals surface area contributed by atoms with E-state index >= 15 is 0 Å². The third kappa shape index (κ3) is 4.47. The highest BCUT2D eigenvalue weighted by Crippen LogP contribution is 2.30. The van der Waals surface area contributed by atoms with Crippen LogP contribution >= 0.6 is 15.9 Å². The lowest BCUT2D eigenvalue weighted by Gasteiger charge is -2.15. The maximum atomic E-state index is 9.15. The average molecular weight is 427 g/mol. The molecule has 7 heteroatoms. The van der Waals surface area contributed by atoms with E-state index in [1.54, 1.807) is 19.5 Å². The molecule has 2 aromatic heterocycles. The second-order valence-corrected chi connectivity index (χ2v) is 6.78. The van der Waals surface area contributed by atoms with E-state index in [0.717, 1.165) is 26.8 Å². The summed E-state index contributed by atoms with van der Waals surface area (Å²) in [5.74, 6) is 1.17. The number of ether oxygens (including phenoxy) is 2. The fourth-order valence-electron chi connectivity index (χ4n) is 2.62. The molecule has 0 saturated heterocycles. The molecule has 0 saturated carbocycles. The number of methoxy groups -OCH3 is 1. The van der Waals surface area contributed by atoms with Crippen LogP contribution in [0.3, 0.4) is 0 Å². The summed E-state index contributed by atoms with van der Waals surface area (Å²) in [6.07, 6.45) is 3.60. The van der Waals surface area contributed by atoms with Gasteiger partial charge in [-0.25, -0.2) is 0 Å². The second-order valence-electron chi connectivity index (χ2n) is 5.86. The van der Waals surface area contributed by atoms with Gasteiger partial charge < -0.3 is 14.8 Å². The van der Waals surface area contributed by atoms with E-state index in [2.05, 4.69) is 37.3 Å². The smallest absolute Gasteiger partial charge is 0.184 e. The van der Waals surface area contributed by atoms with Crippen LogP contribution in [0, 0.1) is 11.3 Å². The molecule has 1 unspecified atom stereocenters. The van der Waals surface area contributed by atoms with E-state index in [4.69, 9.17) is 14.7 Å². The normalized spacial score (nSPS) is 11.6. The second kappa shape index (κ2) is 8.69. The summed E-state index contributed by atoms with van der Waals surface area (Å²) >= 11 is 3.41. The minimum Gasteiger partial charge on any atom is -0.493 e. The van der Waals surface area contributed by atoms with Crippen LogP contribution in [0.1, 0.15) is 18.9 Å². The number of nitrogens with zero attached hydrogens (tertiary/aromatic N) is 3. The molecule has 0 bridgehead atoms. The molecular weight excluding hydrogens is 408 g/mol. The van der Waals surface area contributed by atoms with Crippen molar-refractivity contribution in [1.82, 2.24) is 9.97 Å². The third-order valence-corrected chi connectivity index (χ3v) is 4.47. The summed E-state index contributed by atoms with van der Waals surface area (Å²) < 4.78 is 12.0. The molecule has 0 fully saturated rings. The van der Waals surface area contributed by atoms with Gasteiger partial charge in [0.1, 0.15) is 11.6 Å². The molecule has 0 aliphatic rings. The zero-order valence-electron chi connectivity index (χ0n) is 15.1. The zero-order chi connectivity index (χ0) is 19.2. The van der Waals surface area contributed by atoms with Gasteiger partial charge in [0.25, 0.3) is 0 Å². The molecule has 0 aliphatic carbocycles. The quantitative estimate of drug-likeness (QED) is 0.589. The number of rotatable bonds is 7. The minimum atomic E-state index is -0.506. The molecule has 1 aromatic carbocycles. The van der Waals surface area contributed by atoms with Gasteiger partial charge in [0.2, 0.25) is 0 Å². The molecule has 138 valence electrons. The first kappa shape index (κ1) is 18.9. The zero-order valence-corrected chi connectivity index (χ0v) is 16.7. The van der Waals surface area contributed by atoms with Gasteiger partial charge in [0.15, 0.2) is 17.6 Å². The minimum absolute atomic E-state index is 0.506. The van der Waals surface area contributed by atoms with Crippen LogP contribution in [0.15, 0.2) is 47.2 Å². The lowest BCUT2D eigenvalue weighted by atomic mass is 10.2. The molecule has 0 amide bonds. The summed E-state index contributed by atoms with van der Waals surface area (Å²) in [5, 5.41) is 12.5. The number of halogens is 1. The number of aromatic nitrogens is 2. The summed E-state index contributed by atoms with van der Waals surface area (Å²) in [7, 11) is 1.58. The van der Waals surface area contributed by atoms with Gasteiger partial charge in [-0.15, -0.1) is 0 Å². The van der Waals surface area contributed by atoms with Crippen LogP contribution in [0.4, 0.5) is 5.69 Å². The number of hydrogen-bond acceptors (Lipinski definition) is 6. The molecule has 1 N–H and O–H groups in total. The molecule has 3 rings (SSSR count). The monoisotopic (exact) mass is 426 g/mol. The van der Waals surface area contributed by atoms with Gasteiger partial charge in [-0.05, 0) is 52.2 Å². The fraction of sp³-hybridized carbons (Fsp3) is 0.250. The number of benzene rings is 1. The van der Waals surface area contributed by atoms with Crippen molar-refractivity contribution in [3.05, 3.63) is 52.8 Å². The van der Waals surface area contributed by atoms with Gasteiger partial charge in [0.05, 0.1) is 18.3 Å².